The number of imide groups is 2. The molecule has 0 radical (unpaired) electrons. The second-order valence-corrected chi connectivity index (χ2v) is 16.2. The van der Waals surface area contributed by atoms with Gasteiger partial charge in [0.25, 0.3) is 17.7 Å². The molecule has 57 heavy (non-hydrogen) atoms. The number of fused-ring (bicyclic) bond motifs is 2. The highest BCUT2D eigenvalue weighted by molar-refractivity contribution is 6.23. The summed E-state index contributed by atoms with van der Waals surface area (Å²) < 4.78 is 2.11. The Morgan fingerprint density at radius 3 is 2.44 bits per heavy atom. The second-order valence-electron chi connectivity index (χ2n) is 16.2. The van der Waals surface area contributed by atoms with Crippen LogP contribution in [0.2, 0.25) is 0 Å². The SMILES string of the molecule is Cc1cccc(C(=O)NC2CC(n3cnc4c(NC5CCN(CCC6CCN(c7ccc8c(c7)C(=O)N([C@H]7CCC(=O)NC7=O)C8=O)CC6)CC5)ncnc43)C2)n1. The van der Waals surface area contributed by atoms with Crippen LogP contribution in [0.1, 0.15) is 101 Å². The molecule has 296 valence electrons. The van der Waals surface area contributed by atoms with Crippen molar-refractivity contribution in [2.24, 2.45) is 5.92 Å². The number of nitrogens with zero attached hydrogens (tertiary/aromatic N) is 8. The predicted molar refractivity (Wildman–Crippen MR) is 210 cm³/mol. The van der Waals surface area contributed by atoms with E-state index in [4.69, 9.17) is 4.98 Å². The molecule has 5 aliphatic rings. The van der Waals surface area contributed by atoms with Gasteiger partial charge in [-0.3, -0.25) is 34.2 Å². The van der Waals surface area contributed by atoms with Gasteiger partial charge in [0, 0.05) is 62.1 Å². The van der Waals surface area contributed by atoms with Crippen molar-refractivity contribution in [2.75, 3.05) is 42.9 Å². The van der Waals surface area contributed by atoms with Crippen molar-refractivity contribution in [3.05, 3.63) is 71.6 Å². The van der Waals surface area contributed by atoms with Crippen LogP contribution in [0.15, 0.2) is 49.1 Å². The molecule has 3 aromatic heterocycles. The first-order valence-corrected chi connectivity index (χ1v) is 20.2. The summed E-state index contributed by atoms with van der Waals surface area (Å²) in [4.78, 5) is 87.2. The van der Waals surface area contributed by atoms with Crippen LogP contribution in [0.5, 0.6) is 0 Å². The molecule has 1 saturated carbocycles. The predicted octanol–water partition coefficient (Wildman–Crippen LogP) is 3.25. The molecular weight excluding hydrogens is 727 g/mol. The van der Waals surface area contributed by atoms with Crippen molar-refractivity contribution in [1.82, 2.24) is 44.9 Å². The maximum Gasteiger partial charge on any atom is 0.270 e. The Morgan fingerprint density at radius 2 is 1.67 bits per heavy atom. The number of carbonyl (C=O) groups is 5. The van der Waals surface area contributed by atoms with Crippen LogP contribution in [0.4, 0.5) is 11.5 Å². The van der Waals surface area contributed by atoms with Crippen molar-refractivity contribution in [3.8, 4) is 0 Å². The number of aryl methyl sites for hydroxylation is 1. The lowest BCUT2D eigenvalue weighted by Gasteiger charge is -2.36. The molecule has 1 aliphatic carbocycles. The summed E-state index contributed by atoms with van der Waals surface area (Å²) in [5, 5.41) is 9.02. The largest absolute Gasteiger partial charge is 0.371 e. The molecule has 0 spiro atoms. The first-order chi connectivity index (χ1) is 27.7. The number of piperidine rings is 3. The second kappa shape index (κ2) is 15.3. The number of hydrogen-bond donors (Lipinski definition) is 3. The highest BCUT2D eigenvalue weighted by Gasteiger charge is 2.45. The molecule has 4 aliphatic heterocycles. The van der Waals surface area contributed by atoms with Gasteiger partial charge >= 0.3 is 0 Å². The smallest absolute Gasteiger partial charge is 0.270 e. The van der Waals surface area contributed by atoms with Crippen LogP contribution in [0, 0.1) is 12.8 Å². The van der Waals surface area contributed by atoms with Crippen LogP contribution in [-0.2, 0) is 9.59 Å². The van der Waals surface area contributed by atoms with Gasteiger partial charge in [-0.2, -0.15) is 0 Å². The third kappa shape index (κ3) is 7.33. The Balaban J connectivity index is 0.715. The fourth-order valence-corrected chi connectivity index (χ4v) is 9.08. The lowest BCUT2D eigenvalue weighted by Crippen LogP contribution is -2.54. The van der Waals surface area contributed by atoms with Crippen LogP contribution in [-0.4, -0.2) is 115 Å². The third-order valence-corrected chi connectivity index (χ3v) is 12.5. The Kier molecular flexibility index (Phi) is 9.88. The van der Waals surface area contributed by atoms with Gasteiger partial charge < -0.3 is 25.0 Å². The fraction of sp³-hybridized carbons (Fsp3) is 0.488. The molecule has 1 atom stereocenters. The van der Waals surface area contributed by atoms with Crippen LogP contribution >= 0.6 is 0 Å². The standard InChI is InChI=1S/C41H47N11O5/c1-24-3-2-4-32(45-24)38(54)47-27-19-29(20-27)51-23-44-35-36(42-22-43-37(35)51)46-26-12-15-49(16-13-26)14-9-25-10-17-50(18-11-25)28-5-6-30-31(21-28)41(57)52(40(30)56)33-7-8-34(53)48-39(33)55/h2-6,21-23,25-27,29,33H,7-20H2,1H3,(H,47,54)(H,42,43,46)(H,48,53,55)/t27?,29?,33-/m0/s1. The Morgan fingerprint density at radius 1 is 0.877 bits per heavy atom. The maximum atomic E-state index is 13.3. The summed E-state index contributed by atoms with van der Waals surface area (Å²) in [6, 6.07) is 10.5. The molecule has 1 aromatic carbocycles. The van der Waals surface area contributed by atoms with E-state index in [-0.39, 0.29) is 36.7 Å². The zero-order valence-corrected chi connectivity index (χ0v) is 32.0. The summed E-state index contributed by atoms with van der Waals surface area (Å²) in [5.41, 5.74) is 4.39. The van der Waals surface area contributed by atoms with Gasteiger partial charge in [0.15, 0.2) is 11.5 Å². The third-order valence-electron chi connectivity index (χ3n) is 12.5. The Labute approximate surface area is 329 Å². The number of anilines is 2. The molecule has 3 saturated heterocycles. The fourth-order valence-electron chi connectivity index (χ4n) is 9.08. The summed E-state index contributed by atoms with van der Waals surface area (Å²) in [7, 11) is 0. The molecule has 7 heterocycles. The molecule has 4 fully saturated rings. The number of hydrogen-bond acceptors (Lipinski definition) is 12. The molecule has 5 amide bonds. The van der Waals surface area contributed by atoms with E-state index < -0.39 is 23.8 Å². The number of nitrogens with one attached hydrogen (secondary N) is 3. The Bertz CT molecular complexity index is 2240. The van der Waals surface area contributed by atoms with Crippen molar-refractivity contribution in [3.63, 3.8) is 0 Å². The van der Waals surface area contributed by atoms with Gasteiger partial charge in [-0.1, -0.05) is 6.07 Å². The molecule has 0 unspecified atom stereocenters. The number of likely N-dealkylation sites (tertiary alicyclic amines) is 1. The van der Waals surface area contributed by atoms with Gasteiger partial charge in [-0.05, 0) is 101 Å². The normalized spacial score (nSPS) is 23.4. The van der Waals surface area contributed by atoms with E-state index in [2.05, 4.69) is 45.3 Å². The zero-order chi connectivity index (χ0) is 39.2. The van der Waals surface area contributed by atoms with E-state index in [0.29, 0.717) is 28.8 Å². The number of imidazole rings is 1. The van der Waals surface area contributed by atoms with Gasteiger partial charge in [0.2, 0.25) is 11.8 Å². The number of benzene rings is 1. The summed E-state index contributed by atoms with van der Waals surface area (Å²) in [6.07, 6.45) is 10.6. The van der Waals surface area contributed by atoms with Crippen molar-refractivity contribution in [1.29, 1.82) is 0 Å². The lowest BCUT2D eigenvalue weighted by molar-refractivity contribution is -0.136. The molecular formula is C41H47N11O5. The molecule has 0 bridgehead atoms. The van der Waals surface area contributed by atoms with Crippen LogP contribution in [0.25, 0.3) is 11.2 Å². The van der Waals surface area contributed by atoms with E-state index in [1.165, 1.54) is 0 Å². The van der Waals surface area contributed by atoms with Crippen molar-refractivity contribution in [2.45, 2.75) is 88.9 Å². The Hall–Kier alpha value is -5.77. The van der Waals surface area contributed by atoms with Crippen LogP contribution < -0.4 is 20.9 Å². The summed E-state index contributed by atoms with van der Waals surface area (Å²) in [6.45, 7) is 6.73. The van der Waals surface area contributed by atoms with Gasteiger partial charge in [-0.15, -0.1) is 0 Å². The number of rotatable bonds is 10. The first-order valence-electron chi connectivity index (χ1n) is 20.2. The average molecular weight is 774 g/mol. The lowest BCUT2D eigenvalue weighted by atomic mass is 9.86. The number of carbonyl (C=O) groups excluding carboxylic acids is 5. The van der Waals surface area contributed by atoms with E-state index in [1.807, 2.05) is 31.5 Å². The van der Waals surface area contributed by atoms with E-state index in [1.54, 1.807) is 24.5 Å². The van der Waals surface area contributed by atoms with Crippen molar-refractivity contribution >= 4 is 52.2 Å². The minimum atomic E-state index is -0.962. The minimum absolute atomic E-state index is 0.0835. The minimum Gasteiger partial charge on any atom is -0.371 e. The molecule has 16 heteroatoms. The monoisotopic (exact) mass is 773 g/mol. The average Bonchev–Trinajstić information content (AvgIpc) is 3.74. The highest BCUT2D eigenvalue weighted by atomic mass is 16.2. The van der Waals surface area contributed by atoms with Crippen molar-refractivity contribution < 1.29 is 24.0 Å². The van der Waals surface area contributed by atoms with E-state index in [0.717, 1.165) is 111 Å². The summed E-state index contributed by atoms with van der Waals surface area (Å²) in [5.74, 6) is -0.689. The molecule has 9 rings (SSSR count). The summed E-state index contributed by atoms with van der Waals surface area (Å²) >= 11 is 0. The number of amides is 5. The highest BCUT2D eigenvalue weighted by Crippen LogP contribution is 2.36. The molecule has 16 nitrogen and oxygen atoms in total. The first kappa shape index (κ1) is 36.8. The van der Waals surface area contributed by atoms with Crippen LogP contribution in [0.3, 0.4) is 0 Å². The number of aromatic nitrogens is 5. The zero-order valence-electron chi connectivity index (χ0n) is 32.0. The van der Waals surface area contributed by atoms with E-state index in [9.17, 15) is 24.0 Å². The number of pyridine rings is 1. The van der Waals surface area contributed by atoms with Gasteiger partial charge in [0.05, 0.1) is 17.5 Å². The van der Waals surface area contributed by atoms with Gasteiger partial charge in [-0.25, -0.2) is 19.9 Å². The maximum absolute atomic E-state index is 13.3. The van der Waals surface area contributed by atoms with E-state index >= 15 is 0 Å². The topological polar surface area (TPSA) is 188 Å². The molecule has 3 N–H and O–H groups in total. The molecule has 4 aromatic rings. The van der Waals surface area contributed by atoms with Gasteiger partial charge in [0.1, 0.15) is 23.6 Å². The quantitative estimate of drug-likeness (QED) is 0.200.